The van der Waals surface area contributed by atoms with Crippen molar-refractivity contribution in [2.24, 2.45) is 0 Å². The molecule has 0 spiro atoms. The Balaban J connectivity index is 1.45. The van der Waals surface area contributed by atoms with Gasteiger partial charge in [-0.15, -0.1) is 0 Å². The van der Waals surface area contributed by atoms with Crippen LogP contribution in [-0.4, -0.2) is 20.0 Å². The molecule has 9 heteroatoms. The predicted octanol–water partition coefficient (Wildman–Crippen LogP) is 6.26. The number of anilines is 1. The van der Waals surface area contributed by atoms with Gasteiger partial charge in [-0.2, -0.15) is 0 Å². The molecular weight excluding hydrogens is 478 g/mol. The van der Waals surface area contributed by atoms with Gasteiger partial charge in [0.25, 0.3) is 5.69 Å². The maximum absolute atomic E-state index is 10.9. The summed E-state index contributed by atoms with van der Waals surface area (Å²) in [5, 5.41) is 15.0. The summed E-state index contributed by atoms with van der Waals surface area (Å²) >= 11 is 7.37. The van der Waals surface area contributed by atoms with E-state index >= 15 is 0 Å². The number of non-ortho nitro benzene ring substituents is 1. The molecule has 3 heterocycles. The van der Waals surface area contributed by atoms with Crippen LogP contribution in [0.25, 0.3) is 0 Å². The first-order valence-electron chi connectivity index (χ1n) is 11.1. The topological polar surface area (TPSA) is 87.1 Å². The SMILES string of the molecule is Cc1cc([C@@H]2[C@H](c3ccccn3)NC(=S)N2c2ccc(Sc3ccc([N+](=O)[O-])cc3)cc2)c(C)[nH]1. The molecule has 0 unspecified atom stereocenters. The lowest BCUT2D eigenvalue weighted by Crippen LogP contribution is -2.29. The summed E-state index contributed by atoms with van der Waals surface area (Å²) in [5.41, 5.74) is 5.39. The molecule has 1 aliphatic rings. The van der Waals surface area contributed by atoms with Crippen LogP contribution in [0.1, 0.15) is 34.7 Å². The minimum absolute atomic E-state index is 0.0597. The monoisotopic (exact) mass is 501 g/mol. The first kappa shape index (κ1) is 23.1. The van der Waals surface area contributed by atoms with E-state index in [1.54, 1.807) is 30.1 Å². The molecule has 2 N–H and O–H groups in total. The van der Waals surface area contributed by atoms with Gasteiger partial charge < -0.3 is 15.2 Å². The van der Waals surface area contributed by atoms with Gasteiger partial charge in [0, 0.05) is 45.2 Å². The van der Waals surface area contributed by atoms with Crippen molar-refractivity contribution in [1.29, 1.82) is 0 Å². The van der Waals surface area contributed by atoms with Crippen molar-refractivity contribution in [3.05, 3.63) is 112 Å². The summed E-state index contributed by atoms with van der Waals surface area (Å²) in [7, 11) is 0. The molecule has 2 aromatic carbocycles. The summed E-state index contributed by atoms with van der Waals surface area (Å²) in [5.74, 6) is 0. The van der Waals surface area contributed by atoms with E-state index < -0.39 is 4.92 Å². The van der Waals surface area contributed by atoms with Gasteiger partial charge >= 0.3 is 0 Å². The second kappa shape index (κ2) is 9.52. The zero-order chi connectivity index (χ0) is 24.5. The highest BCUT2D eigenvalue weighted by atomic mass is 32.2. The number of aryl methyl sites for hydroxylation is 2. The van der Waals surface area contributed by atoms with Gasteiger partial charge in [0.15, 0.2) is 5.11 Å². The molecule has 0 radical (unpaired) electrons. The Morgan fingerprint density at radius 3 is 2.29 bits per heavy atom. The van der Waals surface area contributed by atoms with E-state index in [0.717, 1.165) is 32.6 Å². The van der Waals surface area contributed by atoms with Gasteiger partial charge in [-0.05, 0) is 86.2 Å². The molecule has 176 valence electrons. The molecule has 0 amide bonds. The average molecular weight is 502 g/mol. The lowest BCUT2D eigenvalue weighted by atomic mass is 9.96. The van der Waals surface area contributed by atoms with E-state index in [-0.39, 0.29) is 17.8 Å². The second-order valence-electron chi connectivity index (χ2n) is 8.38. The van der Waals surface area contributed by atoms with Gasteiger partial charge in [0.05, 0.1) is 22.7 Å². The zero-order valence-electron chi connectivity index (χ0n) is 19.1. The van der Waals surface area contributed by atoms with Gasteiger partial charge in [-0.3, -0.25) is 15.1 Å². The summed E-state index contributed by atoms with van der Waals surface area (Å²) < 4.78 is 0. The number of nitro benzene ring substituents is 1. The Kier molecular flexibility index (Phi) is 6.27. The predicted molar refractivity (Wildman–Crippen MR) is 142 cm³/mol. The Morgan fingerprint density at radius 2 is 1.71 bits per heavy atom. The largest absolute Gasteiger partial charge is 0.362 e. The first-order valence-corrected chi connectivity index (χ1v) is 12.3. The van der Waals surface area contributed by atoms with Crippen LogP contribution in [0, 0.1) is 24.0 Å². The molecule has 1 aliphatic heterocycles. The number of nitrogens with one attached hydrogen (secondary N) is 2. The minimum atomic E-state index is -0.390. The number of H-pyrrole nitrogens is 1. The van der Waals surface area contributed by atoms with Crippen LogP contribution in [0.15, 0.2) is 88.8 Å². The number of nitro groups is 1. The summed E-state index contributed by atoms with van der Waals surface area (Å²) in [6.45, 7) is 4.14. The van der Waals surface area contributed by atoms with Crippen LogP contribution in [0.5, 0.6) is 0 Å². The number of rotatable bonds is 6. The van der Waals surface area contributed by atoms with Crippen molar-refractivity contribution in [3.8, 4) is 0 Å². The fourth-order valence-electron chi connectivity index (χ4n) is 4.45. The van der Waals surface area contributed by atoms with Crippen molar-refractivity contribution in [2.45, 2.75) is 35.7 Å². The van der Waals surface area contributed by atoms with E-state index in [9.17, 15) is 10.1 Å². The highest BCUT2D eigenvalue weighted by molar-refractivity contribution is 7.99. The fourth-order valence-corrected chi connectivity index (χ4v) is 5.61. The highest BCUT2D eigenvalue weighted by Crippen LogP contribution is 2.43. The highest BCUT2D eigenvalue weighted by Gasteiger charge is 2.41. The Hall–Kier alpha value is -3.69. The normalized spacial score (nSPS) is 17.4. The van der Waals surface area contributed by atoms with Crippen LogP contribution in [0.2, 0.25) is 0 Å². The van der Waals surface area contributed by atoms with Crippen LogP contribution in [0.3, 0.4) is 0 Å². The number of hydrogen-bond acceptors (Lipinski definition) is 5. The van der Waals surface area contributed by atoms with E-state index in [0.29, 0.717) is 5.11 Å². The van der Waals surface area contributed by atoms with Crippen LogP contribution in [0.4, 0.5) is 11.4 Å². The molecule has 0 bridgehead atoms. The third kappa shape index (κ3) is 4.65. The number of aromatic amines is 1. The maximum atomic E-state index is 10.9. The molecule has 2 atom stereocenters. The third-order valence-electron chi connectivity index (χ3n) is 6.00. The smallest absolute Gasteiger partial charge is 0.269 e. The van der Waals surface area contributed by atoms with E-state index in [4.69, 9.17) is 12.2 Å². The number of benzene rings is 2. The van der Waals surface area contributed by atoms with Crippen molar-refractivity contribution in [2.75, 3.05) is 4.90 Å². The fraction of sp³-hybridized carbons (Fsp3) is 0.154. The Morgan fingerprint density at radius 1 is 1.03 bits per heavy atom. The number of aromatic nitrogens is 2. The Labute approximate surface area is 212 Å². The van der Waals surface area contributed by atoms with Crippen molar-refractivity contribution in [3.63, 3.8) is 0 Å². The molecule has 7 nitrogen and oxygen atoms in total. The standard InChI is InChI=1S/C26H23N5O2S2/c1-16-15-22(17(2)28-16)25-24(23-5-3-4-14-27-23)29-26(34)30(25)18-6-10-20(11-7-18)35-21-12-8-19(9-13-21)31(32)33/h3-15,24-25,28H,1-2H3,(H,29,34)/t24-,25+/m0/s1. The van der Waals surface area contributed by atoms with Gasteiger partial charge in [-0.1, -0.05) is 17.8 Å². The second-order valence-corrected chi connectivity index (χ2v) is 9.91. The summed E-state index contributed by atoms with van der Waals surface area (Å²) in [6, 6.07) is 22.7. The number of nitrogens with zero attached hydrogens (tertiary/aromatic N) is 3. The molecule has 0 saturated carbocycles. The number of hydrogen-bond donors (Lipinski definition) is 2. The average Bonchev–Trinajstić information content (AvgIpc) is 3.38. The van der Waals surface area contributed by atoms with Gasteiger partial charge in [0.1, 0.15) is 0 Å². The molecule has 1 fully saturated rings. The molecule has 35 heavy (non-hydrogen) atoms. The summed E-state index contributed by atoms with van der Waals surface area (Å²) in [6.07, 6.45) is 1.80. The third-order valence-corrected chi connectivity index (χ3v) is 7.33. The van der Waals surface area contributed by atoms with Crippen molar-refractivity contribution in [1.82, 2.24) is 15.3 Å². The quantitative estimate of drug-likeness (QED) is 0.183. The van der Waals surface area contributed by atoms with Gasteiger partial charge in [0.2, 0.25) is 0 Å². The minimum Gasteiger partial charge on any atom is -0.362 e. The zero-order valence-corrected chi connectivity index (χ0v) is 20.8. The Bertz CT molecular complexity index is 1370. The number of thiocarbonyl (C=S) groups is 1. The molecule has 1 saturated heterocycles. The van der Waals surface area contributed by atoms with Crippen LogP contribution in [-0.2, 0) is 0 Å². The first-order chi connectivity index (χ1) is 16.9. The lowest BCUT2D eigenvalue weighted by molar-refractivity contribution is -0.384. The molecule has 0 aliphatic carbocycles. The van der Waals surface area contributed by atoms with E-state index in [2.05, 4.69) is 52.2 Å². The van der Waals surface area contributed by atoms with Crippen molar-refractivity contribution >= 4 is 40.5 Å². The van der Waals surface area contributed by atoms with E-state index in [1.807, 2.05) is 30.3 Å². The van der Waals surface area contributed by atoms with Crippen LogP contribution < -0.4 is 10.2 Å². The van der Waals surface area contributed by atoms with Gasteiger partial charge in [-0.25, -0.2) is 0 Å². The summed E-state index contributed by atoms with van der Waals surface area (Å²) in [4.78, 5) is 22.7. The van der Waals surface area contributed by atoms with Crippen LogP contribution >= 0.6 is 24.0 Å². The lowest BCUT2D eigenvalue weighted by Gasteiger charge is -2.28. The maximum Gasteiger partial charge on any atom is 0.269 e. The number of pyridine rings is 1. The molecule has 5 rings (SSSR count). The van der Waals surface area contributed by atoms with Crippen molar-refractivity contribution < 1.29 is 4.92 Å². The molecule has 4 aromatic rings. The molecular formula is C26H23N5O2S2. The molecule has 2 aromatic heterocycles. The van der Waals surface area contributed by atoms with E-state index in [1.165, 1.54) is 17.7 Å².